The van der Waals surface area contributed by atoms with Crippen molar-refractivity contribution < 1.29 is 27.7 Å². The first-order valence-electron chi connectivity index (χ1n) is 7.37. The molecule has 0 saturated carbocycles. The molecule has 0 saturated heterocycles. The molecule has 6 nitrogen and oxygen atoms in total. The van der Waals surface area contributed by atoms with Crippen LogP contribution in [-0.4, -0.2) is 46.2 Å². The third kappa shape index (κ3) is 5.35. The van der Waals surface area contributed by atoms with Crippen molar-refractivity contribution in [2.75, 3.05) is 26.6 Å². The van der Waals surface area contributed by atoms with E-state index < -0.39 is 21.7 Å². The Morgan fingerprint density at radius 1 is 1.04 bits per heavy atom. The van der Waals surface area contributed by atoms with Crippen molar-refractivity contribution in [2.45, 2.75) is 11.0 Å². The van der Waals surface area contributed by atoms with E-state index in [0.717, 1.165) is 4.47 Å². The van der Waals surface area contributed by atoms with E-state index >= 15 is 0 Å². The van der Waals surface area contributed by atoms with Crippen molar-refractivity contribution in [3.05, 3.63) is 46.9 Å². The number of methoxy groups -OCH3 is 2. The highest BCUT2D eigenvalue weighted by atomic mass is 79.9. The maximum atomic E-state index is 12.6. The second-order valence-corrected chi connectivity index (χ2v) is 8.14. The van der Waals surface area contributed by atoms with E-state index in [1.807, 2.05) is 0 Å². The number of sulfone groups is 1. The second-order valence-electron chi connectivity index (χ2n) is 5.22. The molecule has 0 aromatic heterocycles. The maximum Gasteiger partial charge on any atom is 0.184 e. The Morgan fingerprint density at radius 2 is 1.68 bits per heavy atom. The summed E-state index contributed by atoms with van der Waals surface area (Å²) in [7, 11) is -0.962. The van der Waals surface area contributed by atoms with Crippen molar-refractivity contribution in [1.82, 2.24) is 0 Å². The van der Waals surface area contributed by atoms with E-state index in [0.29, 0.717) is 11.5 Å². The highest BCUT2D eigenvalue weighted by Gasteiger charge is 2.24. The van der Waals surface area contributed by atoms with Gasteiger partial charge in [0.2, 0.25) is 0 Å². The van der Waals surface area contributed by atoms with E-state index in [2.05, 4.69) is 15.9 Å². The van der Waals surface area contributed by atoms with Gasteiger partial charge in [-0.25, -0.2) is 8.42 Å². The Hall–Kier alpha value is -1.77. The Labute approximate surface area is 155 Å². The second kappa shape index (κ2) is 8.55. The summed E-state index contributed by atoms with van der Waals surface area (Å²) >= 11 is 3.31. The summed E-state index contributed by atoms with van der Waals surface area (Å²) in [6.07, 6.45) is -1.19. The number of halogens is 1. The number of aliphatic hydroxyl groups is 1. The standard InChI is InChI=1S/C17H19BrO6S/c1-22-15-7-8-16(23-2)17(9-15)25(20,21)11-13(19)10-24-14-5-3-12(18)4-6-14/h3-9,13,19H,10-11H2,1-2H3/t13-/m0/s1. The molecule has 0 aliphatic rings. The van der Waals surface area contributed by atoms with Gasteiger partial charge in [-0.05, 0) is 36.4 Å². The Bertz CT molecular complexity index is 804. The van der Waals surface area contributed by atoms with E-state index in [9.17, 15) is 13.5 Å². The van der Waals surface area contributed by atoms with Crippen molar-refractivity contribution in [3.63, 3.8) is 0 Å². The van der Waals surface area contributed by atoms with Gasteiger partial charge in [-0.1, -0.05) is 15.9 Å². The lowest BCUT2D eigenvalue weighted by molar-refractivity contribution is 0.125. The lowest BCUT2D eigenvalue weighted by Gasteiger charge is -2.15. The molecule has 0 aliphatic heterocycles. The van der Waals surface area contributed by atoms with Crippen LogP contribution >= 0.6 is 15.9 Å². The van der Waals surface area contributed by atoms with Crippen molar-refractivity contribution in [2.24, 2.45) is 0 Å². The van der Waals surface area contributed by atoms with Gasteiger partial charge < -0.3 is 19.3 Å². The summed E-state index contributed by atoms with van der Waals surface area (Å²) in [5, 5.41) is 10.1. The molecule has 0 unspecified atom stereocenters. The van der Waals surface area contributed by atoms with Gasteiger partial charge in [0, 0.05) is 10.5 Å². The Morgan fingerprint density at radius 3 is 2.28 bits per heavy atom. The largest absolute Gasteiger partial charge is 0.497 e. The van der Waals surface area contributed by atoms with Gasteiger partial charge in [0.1, 0.15) is 34.9 Å². The van der Waals surface area contributed by atoms with Crippen LogP contribution in [0, 0.1) is 0 Å². The third-order valence-electron chi connectivity index (χ3n) is 3.37. The molecule has 2 rings (SSSR count). The lowest BCUT2D eigenvalue weighted by atomic mass is 10.3. The van der Waals surface area contributed by atoms with Crippen LogP contribution in [0.25, 0.3) is 0 Å². The molecule has 0 amide bonds. The van der Waals surface area contributed by atoms with Crippen LogP contribution in [0.3, 0.4) is 0 Å². The fraction of sp³-hybridized carbons (Fsp3) is 0.294. The molecule has 0 heterocycles. The third-order valence-corrected chi connectivity index (χ3v) is 5.72. The highest BCUT2D eigenvalue weighted by molar-refractivity contribution is 9.10. The van der Waals surface area contributed by atoms with Crippen LogP contribution in [0.5, 0.6) is 17.2 Å². The molecule has 0 aliphatic carbocycles. The number of ether oxygens (including phenoxy) is 3. The predicted molar refractivity (Wildman–Crippen MR) is 97.2 cm³/mol. The first kappa shape index (κ1) is 19.6. The SMILES string of the molecule is COc1ccc(OC)c(S(=O)(=O)C[C@@H](O)COc2ccc(Br)cc2)c1. The molecule has 8 heteroatoms. The molecule has 136 valence electrons. The van der Waals surface area contributed by atoms with E-state index in [-0.39, 0.29) is 17.3 Å². The first-order chi connectivity index (χ1) is 11.9. The number of hydrogen-bond donors (Lipinski definition) is 1. The summed E-state index contributed by atoms with van der Waals surface area (Å²) in [5.74, 6) is 0.632. The number of rotatable bonds is 8. The van der Waals surface area contributed by atoms with Crippen LogP contribution in [0.15, 0.2) is 51.8 Å². The quantitative estimate of drug-likeness (QED) is 0.692. The van der Waals surface area contributed by atoms with E-state index in [1.165, 1.54) is 26.4 Å². The Kier molecular flexibility index (Phi) is 6.69. The van der Waals surface area contributed by atoms with Crippen LogP contribution in [0.2, 0.25) is 0 Å². The molecule has 25 heavy (non-hydrogen) atoms. The lowest BCUT2D eigenvalue weighted by Crippen LogP contribution is -2.27. The molecule has 0 bridgehead atoms. The van der Waals surface area contributed by atoms with Crippen molar-refractivity contribution in [3.8, 4) is 17.2 Å². The smallest absolute Gasteiger partial charge is 0.184 e. The minimum atomic E-state index is -3.79. The average molecular weight is 431 g/mol. The summed E-state index contributed by atoms with van der Waals surface area (Å²) in [6, 6.07) is 11.5. The first-order valence-corrected chi connectivity index (χ1v) is 9.81. The summed E-state index contributed by atoms with van der Waals surface area (Å²) < 4.78 is 41.6. The zero-order valence-corrected chi connectivity index (χ0v) is 16.2. The van der Waals surface area contributed by atoms with Gasteiger partial charge in [-0.15, -0.1) is 0 Å². The van der Waals surface area contributed by atoms with Crippen LogP contribution in [0.1, 0.15) is 0 Å². The molecule has 0 fully saturated rings. The van der Waals surface area contributed by atoms with Gasteiger partial charge in [-0.3, -0.25) is 0 Å². The zero-order valence-electron chi connectivity index (χ0n) is 13.8. The average Bonchev–Trinajstić information content (AvgIpc) is 2.60. The van der Waals surface area contributed by atoms with Gasteiger partial charge >= 0.3 is 0 Å². The molecule has 0 spiro atoms. The molecule has 2 aromatic carbocycles. The van der Waals surface area contributed by atoms with Crippen LogP contribution in [-0.2, 0) is 9.84 Å². The van der Waals surface area contributed by atoms with Gasteiger partial charge in [0.15, 0.2) is 9.84 Å². The predicted octanol–water partition coefficient (Wildman–Crippen LogP) is 2.68. The number of benzene rings is 2. The van der Waals surface area contributed by atoms with Crippen LogP contribution in [0.4, 0.5) is 0 Å². The highest BCUT2D eigenvalue weighted by Crippen LogP contribution is 2.29. The zero-order chi connectivity index (χ0) is 18.4. The van der Waals surface area contributed by atoms with E-state index in [1.54, 1.807) is 30.3 Å². The molecule has 1 atom stereocenters. The van der Waals surface area contributed by atoms with E-state index in [4.69, 9.17) is 14.2 Å². The summed E-state index contributed by atoms with van der Waals surface area (Å²) in [4.78, 5) is -0.0305. The van der Waals surface area contributed by atoms with Gasteiger partial charge in [0.05, 0.1) is 20.0 Å². The molecule has 1 N–H and O–H groups in total. The topological polar surface area (TPSA) is 82.1 Å². The molecular formula is C17H19BrO6S. The summed E-state index contributed by atoms with van der Waals surface area (Å²) in [6.45, 7) is -0.146. The maximum absolute atomic E-state index is 12.6. The Balaban J connectivity index is 2.08. The number of hydrogen-bond acceptors (Lipinski definition) is 6. The molecular weight excluding hydrogens is 412 g/mol. The van der Waals surface area contributed by atoms with Crippen LogP contribution < -0.4 is 14.2 Å². The minimum Gasteiger partial charge on any atom is -0.497 e. The summed E-state index contributed by atoms with van der Waals surface area (Å²) in [5.41, 5.74) is 0. The fourth-order valence-corrected chi connectivity index (χ4v) is 3.94. The molecule has 2 aromatic rings. The fourth-order valence-electron chi connectivity index (χ4n) is 2.14. The monoisotopic (exact) mass is 430 g/mol. The normalized spacial score (nSPS) is 12.5. The van der Waals surface area contributed by atoms with Gasteiger partial charge in [-0.2, -0.15) is 0 Å². The number of aliphatic hydroxyl groups excluding tert-OH is 1. The van der Waals surface area contributed by atoms with Gasteiger partial charge in [0.25, 0.3) is 0 Å². The van der Waals surface area contributed by atoms with Crippen molar-refractivity contribution >= 4 is 25.8 Å². The van der Waals surface area contributed by atoms with Crippen molar-refractivity contribution in [1.29, 1.82) is 0 Å². The molecule has 0 radical (unpaired) electrons. The minimum absolute atomic E-state index is 0.0305.